The van der Waals surface area contributed by atoms with E-state index in [0.717, 1.165) is 35.1 Å². The third kappa shape index (κ3) is 4.39. The highest BCUT2D eigenvalue weighted by Crippen LogP contribution is 2.26. The molecule has 4 nitrogen and oxygen atoms in total. The number of amides is 1. The smallest absolute Gasteiger partial charge is 0.336 e. The van der Waals surface area contributed by atoms with Crippen LogP contribution in [0.15, 0.2) is 42.5 Å². The van der Waals surface area contributed by atoms with Gasteiger partial charge in [0, 0.05) is 17.7 Å². The molecule has 2 aromatic carbocycles. The van der Waals surface area contributed by atoms with Gasteiger partial charge in [-0.05, 0) is 74.1 Å². The Morgan fingerprint density at radius 1 is 1.00 bits per heavy atom. The van der Waals surface area contributed by atoms with Crippen molar-refractivity contribution in [1.29, 1.82) is 0 Å². The largest absolute Gasteiger partial charge is 0.423 e. The average Bonchev–Trinajstić information content (AvgIpc) is 3.44. The summed E-state index contributed by atoms with van der Waals surface area (Å²) in [5.74, 6) is 0.150. The highest BCUT2D eigenvalue weighted by Gasteiger charge is 2.23. The molecule has 3 rings (SSSR count). The van der Waals surface area contributed by atoms with E-state index in [-0.39, 0.29) is 5.91 Å². The first-order chi connectivity index (χ1) is 12.4. The van der Waals surface area contributed by atoms with E-state index in [9.17, 15) is 9.59 Å². The van der Waals surface area contributed by atoms with Crippen molar-refractivity contribution in [2.24, 2.45) is 0 Å². The molecule has 1 amide bonds. The van der Waals surface area contributed by atoms with Crippen LogP contribution in [0.25, 0.3) is 6.08 Å². The van der Waals surface area contributed by atoms with E-state index in [1.54, 1.807) is 18.2 Å². The van der Waals surface area contributed by atoms with Gasteiger partial charge < -0.3 is 10.1 Å². The fraction of sp³-hybridized carbons (Fsp3) is 0.273. The van der Waals surface area contributed by atoms with E-state index in [1.165, 1.54) is 6.08 Å². The van der Waals surface area contributed by atoms with Gasteiger partial charge in [-0.3, -0.25) is 4.79 Å². The van der Waals surface area contributed by atoms with E-state index < -0.39 is 5.97 Å². The third-order valence-electron chi connectivity index (χ3n) is 4.57. The highest BCUT2D eigenvalue weighted by molar-refractivity contribution is 5.95. The molecule has 26 heavy (non-hydrogen) atoms. The number of carbonyl (C=O) groups excluding carboxylic acids is 2. The molecule has 0 atom stereocenters. The molecule has 0 aliphatic heterocycles. The fourth-order valence-electron chi connectivity index (χ4n) is 2.62. The summed E-state index contributed by atoms with van der Waals surface area (Å²) < 4.78 is 5.50. The van der Waals surface area contributed by atoms with Crippen molar-refractivity contribution in [3.05, 3.63) is 70.3 Å². The quantitative estimate of drug-likeness (QED) is 0.502. The zero-order chi connectivity index (χ0) is 18.7. The number of hydrogen-bond acceptors (Lipinski definition) is 3. The number of benzene rings is 2. The van der Waals surface area contributed by atoms with Gasteiger partial charge in [0.25, 0.3) is 5.91 Å². The van der Waals surface area contributed by atoms with Crippen LogP contribution >= 0.6 is 0 Å². The summed E-state index contributed by atoms with van der Waals surface area (Å²) in [5, 5.41) is 2.95. The number of rotatable bonds is 5. The van der Waals surface area contributed by atoms with Crippen LogP contribution in [0.4, 0.5) is 0 Å². The minimum absolute atomic E-state index is 0.0483. The molecular weight excluding hydrogens is 326 g/mol. The molecule has 0 spiro atoms. The van der Waals surface area contributed by atoms with Gasteiger partial charge in [0.15, 0.2) is 0 Å². The van der Waals surface area contributed by atoms with E-state index in [1.807, 2.05) is 45.0 Å². The molecule has 0 unspecified atom stereocenters. The SMILES string of the molecule is Cc1ccc(C)c(OC(=O)C=Cc2ccc(C(=O)NC3CC3)cc2)c1C. The Bertz CT molecular complexity index is 862. The second-order valence-electron chi connectivity index (χ2n) is 6.78. The summed E-state index contributed by atoms with van der Waals surface area (Å²) in [5.41, 5.74) is 4.45. The van der Waals surface area contributed by atoms with Crippen LogP contribution in [0, 0.1) is 20.8 Å². The molecule has 1 aliphatic rings. The number of carbonyl (C=O) groups is 2. The molecule has 0 heterocycles. The van der Waals surface area contributed by atoms with Crippen LogP contribution in [-0.4, -0.2) is 17.9 Å². The Kier molecular flexibility index (Phi) is 5.21. The summed E-state index contributed by atoms with van der Waals surface area (Å²) in [6.45, 7) is 5.85. The van der Waals surface area contributed by atoms with Gasteiger partial charge in [0.1, 0.15) is 5.75 Å². The number of ether oxygens (including phenoxy) is 1. The highest BCUT2D eigenvalue weighted by atomic mass is 16.5. The zero-order valence-electron chi connectivity index (χ0n) is 15.3. The van der Waals surface area contributed by atoms with Gasteiger partial charge in [0.05, 0.1) is 0 Å². The van der Waals surface area contributed by atoms with Gasteiger partial charge in [-0.1, -0.05) is 24.3 Å². The summed E-state index contributed by atoms with van der Waals surface area (Å²) in [6, 6.07) is 11.4. The minimum atomic E-state index is -0.419. The number of esters is 1. The lowest BCUT2D eigenvalue weighted by atomic mass is 10.1. The van der Waals surface area contributed by atoms with Crippen LogP contribution in [0.1, 0.15) is 45.5 Å². The summed E-state index contributed by atoms with van der Waals surface area (Å²) in [6.07, 6.45) is 5.22. The molecule has 1 saturated carbocycles. The average molecular weight is 349 g/mol. The van der Waals surface area contributed by atoms with E-state index in [0.29, 0.717) is 17.4 Å². The van der Waals surface area contributed by atoms with Crippen molar-refractivity contribution in [3.63, 3.8) is 0 Å². The Morgan fingerprint density at radius 3 is 2.31 bits per heavy atom. The van der Waals surface area contributed by atoms with Crippen molar-refractivity contribution in [3.8, 4) is 5.75 Å². The molecule has 4 heteroatoms. The molecular formula is C22H23NO3. The topological polar surface area (TPSA) is 55.4 Å². The third-order valence-corrected chi connectivity index (χ3v) is 4.57. The van der Waals surface area contributed by atoms with Gasteiger partial charge >= 0.3 is 5.97 Å². The molecule has 1 fully saturated rings. The lowest BCUT2D eigenvalue weighted by Gasteiger charge is -2.11. The van der Waals surface area contributed by atoms with Crippen LogP contribution in [-0.2, 0) is 4.79 Å². The normalized spacial score (nSPS) is 13.7. The molecule has 2 aromatic rings. The van der Waals surface area contributed by atoms with Gasteiger partial charge in [-0.15, -0.1) is 0 Å². The van der Waals surface area contributed by atoms with Crippen molar-refractivity contribution in [2.45, 2.75) is 39.7 Å². The van der Waals surface area contributed by atoms with Crippen LogP contribution in [0.3, 0.4) is 0 Å². The standard InChI is InChI=1S/C22H23NO3/c1-14-4-5-15(2)21(16(14)3)26-20(24)13-8-17-6-9-18(10-7-17)22(25)23-19-11-12-19/h4-10,13,19H,11-12H2,1-3H3,(H,23,25). The maximum atomic E-state index is 12.1. The van der Waals surface area contributed by atoms with E-state index >= 15 is 0 Å². The first-order valence-electron chi connectivity index (χ1n) is 8.81. The van der Waals surface area contributed by atoms with Crippen molar-refractivity contribution < 1.29 is 14.3 Å². The zero-order valence-corrected chi connectivity index (χ0v) is 15.3. The van der Waals surface area contributed by atoms with Gasteiger partial charge in [0.2, 0.25) is 0 Å². The number of nitrogens with one attached hydrogen (secondary N) is 1. The van der Waals surface area contributed by atoms with Gasteiger partial charge in [-0.2, -0.15) is 0 Å². The minimum Gasteiger partial charge on any atom is -0.423 e. The lowest BCUT2D eigenvalue weighted by Crippen LogP contribution is -2.25. The summed E-state index contributed by atoms with van der Waals surface area (Å²) in [4.78, 5) is 24.1. The molecule has 0 saturated heterocycles. The molecule has 1 N–H and O–H groups in total. The van der Waals surface area contributed by atoms with Crippen molar-refractivity contribution >= 4 is 18.0 Å². The molecule has 134 valence electrons. The predicted molar refractivity (Wildman–Crippen MR) is 102 cm³/mol. The van der Waals surface area contributed by atoms with Crippen LogP contribution < -0.4 is 10.1 Å². The van der Waals surface area contributed by atoms with Crippen molar-refractivity contribution in [2.75, 3.05) is 0 Å². The van der Waals surface area contributed by atoms with Gasteiger partial charge in [-0.25, -0.2) is 4.79 Å². The van der Waals surface area contributed by atoms with Crippen LogP contribution in [0.2, 0.25) is 0 Å². The molecule has 0 radical (unpaired) electrons. The number of aryl methyl sites for hydroxylation is 2. The first-order valence-corrected chi connectivity index (χ1v) is 8.81. The summed E-state index contributed by atoms with van der Waals surface area (Å²) >= 11 is 0. The van der Waals surface area contributed by atoms with E-state index in [2.05, 4.69) is 5.32 Å². The second kappa shape index (κ2) is 7.56. The maximum Gasteiger partial charge on any atom is 0.336 e. The Labute approximate surface area is 153 Å². The Balaban J connectivity index is 1.63. The summed E-state index contributed by atoms with van der Waals surface area (Å²) in [7, 11) is 0. The Hall–Kier alpha value is -2.88. The first kappa shape index (κ1) is 17.9. The monoisotopic (exact) mass is 349 g/mol. The maximum absolute atomic E-state index is 12.1. The molecule has 0 aromatic heterocycles. The number of hydrogen-bond donors (Lipinski definition) is 1. The molecule has 0 bridgehead atoms. The predicted octanol–water partition coefficient (Wildman–Crippen LogP) is 4.12. The Morgan fingerprint density at radius 2 is 1.65 bits per heavy atom. The van der Waals surface area contributed by atoms with Crippen molar-refractivity contribution in [1.82, 2.24) is 5.32 Å². The molecule has 1 aliphatic carbocycles. The lowest BCUT2D eigenvalue weighted by molar-refractivity contribution is -0.129. The van der Waals surface area contributed by atoms with E-state index in [4.69, 9.17) is 4.74 Å². The van der Waals surface area contributed by atoms with Crippen LogP contribution in [0.5, 0.6) is 5.75 Å². The fourth-order valence-corrected chi connectivity index (χ4v) is 2.62. The second-order valence-corrected chi connectivity index (χ2v) is 6.78.